The fourth-order valence-corrected chi connectivity index (χ4v) is 17.1. The first-order valence-electron chi connectivity index (χ1n) is 42.5. The lowest BCUT2D eigenvalue weighted by atomic mass is 9.89. The number of aliphatic hydroxyl groups excluding tert-OH is 10. The Bertz CT molecular complexity index is 5580. The lowest BCUT2D eigenvalue weighted by Crippen LogP contribution is -2.65. The first-order valence-corrected chi connectivity index (χ1v) is 43.2. The number of amides is 8. The van der Waals surface area contributed by atoms with Crippen molar-refractivity contribution in [2.45, 2.75) is 213 Å². The van der Waals surface area contributed by atoms with Crippen molar-refractivity contribution in [1.29, 1.82) is 0 Å². The van der Waals surface area contributed by atoms with Crippen LogP contribution in [-0.4, -0.2) is 254 Å². The Hall–Kier alpha value is -12.1. The number of carbonyl (C=O) groups is 9. The van der Waals surface area contributed by atoms with E-state index in [2.05, 4.69) is 56.4 Å². The van der Waals surface area contributed by atoms with Gasteiger partial charge >= 0.3 is 5.97 Å². The van der Waals surface area contributed by atoms with Gasteiger partial charge in [-0.15, -0.1) is 0 Å². The topological polar surface area (TPSA) is 662 Å². The Morgan fingerprint density at radius 2 is 1.07 bits per heavy atom. The van der Waals surface area contributed by atoms with Gasteiger partial charge < -0.3 is 167 Å². The zero-order valence-electron chi connectivity index (χ0n) is 71.0. The number of benzene rings is 7. The zero-order valence-corrected chi connectivity index (χ0v) is 72.5. The normalized spacial score (nSPS) is 29.0. The van der Waals surface area contributed by atoms with E-state index in [1.165, 1.54) is 30.3 Å². The van der Waals surface area contributed by atoms with Crippen LogP contribution in [0.5, 0.6) is 69.0 Å². The second-order valence-corrected chi connectivity index (χ2v) is 34.1. The molecular formula is C89H99Cl2N9O33. The van der Waals surface area contributed by atoms with Gasteiger partial charge in [-0.1, -0.05) is 93.4 Å². The number of phenols is 4. The van der Waals surface area contributed by atoms with Gasteiger partial charge in [-0.05, 0) is 125 Å². The van der Waals surface area contributed by atoms with E-state index in [0.717, 1.165) is 118 Å². The van der Waals surface area contributed by atoms with Gasteiger partial charge in [0.2, 0.25) is 65.6 Å². The molecule has 24 atom stereocenters. The summed E-state index contributed by atoms with van der Waals surface area (Å²) in [6, 6.07) is 0.677. The van der Waals surface area contributed by atoms with E-state index in [1.807, 2.05) is 0 Å². The van der Waals surface area contributed by atoms with Crippen LogP contribution in [-0.2, 0) is 68.5 Å². The first-order chi connectivity index (χ1) is 63.4. The molecule has 0 spiro atoms. The number of aromatic hydroxyl groups is 4. The van der Waals surface area contributed by atoms with Crippen molar-refractivity contribution in [2.75, 3.05) is 19.8 Å². The minimum Gasteiger partial charge on any atom is -0.508 e. The van der Waals surface area contributed by atoms with E-state index in [9.17, 15) is 95.8 Å². The lowest BCUT2D eigenvalue weighted by molar-refractivity contribution is -0.284. The molecule has 7 aromatic rings. The average molecular weight is 1890 g/mol. The highest BCUT2D eigenvalue weighted by molar-refractivity contribution is 6.32. The van der Waals surface area contributed by atoms with Crippen molar-refractivity contribution >= 4 is 76.4 Å². The molecule has 25 N–H and O–H groups in total. The fourth-order valence-electron chi connectivity index (χ4n) is 16.6. The molecule has 16 rings (SSSR count). The molecule has 0 aromatic heterocycles. The molecule has 0 saturated carbocycles. The van der Waals surface area contributed by atoms with E-state index >= 15 is 24.0 Å². The number of carbonyl (C=O) groups excluding carboxylic acids is 8. The smallest absolute Gasteiger partial charge is 0.330 e. The SMILES string of the molecule is CCC(C)CCCCCCC(=O)N[C@H]1[C@H](Oc2c3cc4cc2Oc2ccc(cc2Cl)[C@@H](O[C@@H]2O[C@H](CO)[C@@H](O)[C@H](O)[C@H]2NC(C)=O)[C@@H]2NC(=O)[C@H](NC(=O)C4NC(=O)C4NC(=O)C(Cc5ccc(c(Cl)c5)O3)NC(=O)[C@@H](N)c3ccc(O)c(c3)Oc3cc(O)cc4c3)c3ccc(O)c(c3)-c3c(O[C@H]4O[C@H](CO)[C@@H](O)[C@H](O)[C@@H]4O)cc(O)cc3[C@@H](C(=O)O)NC2=O)O[C@H](CO)[C@@H](O)[C@@H]1O. The molecule has 44 heteroatoms. The molecule has 0 radical (unpaired) electrons. The predicted octanol–water partition coefficient (Wildman–Crippen LogP) is 1.41. The highest BCUT2D eigenvalue weighted by Gasteiger charge is 2.52. The van der Waals surface area contributed by atoms with Crippen LogP contribution in [0.4, 0.5) is 0 Å². The molecule has 712 valence electrons. The van der Waals surface area contributed by atoms with Crippen molar-refractivity contribution in [1.82, 2.24) is 42.5 Å². The monoisotopic (exact) mass is 1890 g/mol. The third-order valence-corrected chi connectivity index (χ3v) is 24.6. The van der Waals surface area contributed by atoms with Gasteiger partial charge in [0.05, 0.1) is 29.9 Å². The third-order valence-electron chi connectivity index (χ3n) is 24.0. The van der Waals surface area contributed by atoms with Gasteiger partial charge in [-0.25, -0.2) is 4.79 Å². The maximum absolute atomic E-state index is 17.0. The number of aliphatic hydroxyl groups is 10. The Balaban J connectivity index is 1.03. The summed E-state index contributed by atoms with van der Waals surface area (Å²) in [7, 11) is 0. The van der Waals surface area contributed by atoms with Crippen LogP contribution < -0.4 is 72.0 Å². The van der Waals surface area contributed by atoms with Crippen LogP contribution in [0.25, 0.3) is 11.1 Å². The molecule has 3 fully saturated rings. The number of hydrogen-bond acceptors (Lipinski definition) is 33. The van der Waals surface area contributed by atoms with Gasteiger partial charge in [0, 0.05) is 48.6 Å². The minimum absolute atomic E-state index is 0.0270. The Labute approximate surface area is 766 Å². The summed E-state index contributed by atoms with van der Waals surface area (Å²) >= 11 is 14.7. The van der Waals surface area contributed by atoms with Gasteiger partial charge in [0.1, 0.15) is 156 Å². The summed E-state index contributed by atoms with van der Waals surface area (Å²) in [5.74, 6) is -19.1. The molecule has 4 unspecified atom stereocenters. The molecular weight excluding hydrogens is 1790 g/mol. The van der Waals surface area contributed by atoms with Crippen molar-refractivity contribution in [3.8, 4) is 80.1 Å². The third kappa shape index (κ3) is 21.1. The number of halogens is 2. The maximum atomic E-state index is 17.0. The van der Waals surface area contributed by atoms with E-state index in [-0.39, 0.29) is 39.8 Å². The number of hydrogen-bond donors (Lipinski definition) is 24. The predicted molar refractivity (Wildman–Crippen MR) is 458 cm³/mol. The van der Waals surface area contributed by atoms with E-state index in [4.69, 9.17) is 71.6 Å². The van der Waals surface area contributed by atoms with E-state index in [1.54, 1.807) is 0 Å². The number of unbranched alkanes of at least 4 members (excludes halogenated alkanes) is 3. The van der Waals surface area contributed by atoms with Gasteiger partial charge in [0.25, 0.3) is 0 Å². The number of rotatable bonds is 20. The summed E-state index contributed by atoms with van der Waals surface area (Å²) in [5, 5.41) is 190. The van der Waals surface area contributed by atoms with Gasteiger partial charge in [-0.3, -0.25) is 38.4 Å². The fraction of sp³-hybridized carbons (Fsp3) is 0.427. The molecule has 3 saturated heterocycles. The van der Waals surface area contributed by atoms with Crippen LogP contribution in [0.15, 0.2) is 115 Å². The quantitative estimate of drug-likeness (QED) is 0.0480. The molecule has 0 aliphatic carbocycles. The Kier molecular flexibility index (Phi) is 30.0. The summed E-state index contributed by atoms with van der Waals surface area (Å²) in [6.07, 6.45) is -24.9. The van der Waals surface area contributed by atoms with Crippen molar-refractivity contribution in [3.05, 3.63) is 164 Å². The first kappa shape index (κ1) is 97.0. The molecule has 17 bridgehead atoms. The van der Waals surface area contributed by atoms with E-state index in [0.29, 0.717) is 18.8 Å². The Morgan fingerprint density at radius 3 is 1.70 bits per heavy atom. The van der Waals surface area contributed by atoms with Crippen molar-refractivity contribution in [3.63, 3.8) is 0 Å². The van der Waals surface area contributed by atoms with Crippen molar-refractivity contribution in [2.24, 2.45) is 11.7 Å². The number of phenolic OH excluding ortho intramolecular Hbond substituents is 4. The molecule has 42 nitrogen and oxygen atoms in total. The number of nitrogens with two attached hydrogens (primary N) is 1. The summed E-state index contributed by atoms with van der Waals surface area (Å²) < 4.78 is 57.5. The molecule has 9 heterocycles. The number of fused-ring (bicyclic) bond motifs is 14. The number of carboxylic acid groups (broad SMARTS) is 1. The highest BCUT2D eigenvalue weighted by Crippen LogP contribution is 2.51. The molecule has 9 aliphatic heterocycles. The second-order valence-electron chi connectivity index (χ2n) is 33.3. The second kappa shape index (κ2) is 41.2. The zero-order chi connectivity index (χ0) is 95.6. The summed E-state index contributed by atoms with van der Waals surface area (Å²) in [5.41, 5.74) is 2.80. The van der Waals surface area contributed by atoms with Crippen LogP contribution in [0, 0.1) is 5.92 Å². The van der Waals surface area contributed by atoms with Crippen LogP contribution >= 0.6 is 23.2 Å². The van der Waals surface area contributed by atoms with Gasteiger partial charge in [-0.2, -0.15) is 0 Å². The number of aliphatic carboxylic acids is 1. The number of ether oxygens (including phenoxy) is 9. The number of carboxylic acids is 1. The minimum atomic E-state index is -2.59. The van der Waals surface area contributed by atoms with E-state index < -0.39 is 316 Å². The van der Waals surface area contributed by atoms with Crippen LogP contribution in [0.1, 0.15) is 141 Å². The average Bonchev–Trinajstić information content (AvgIpc) is 0.763. The molecule has 8 amide bonds. The van der Waals surface area contributed by atoms with Crippen molar-refractivity contribution < 1.29 is 162 Å². The number of nitrogens with one attached hydrogen (secondary N) is 8. The Morgan fingerprint density at radius 1 is 0.511 bits per heavy atom. The molecule has 133 heavy (non-hydrogen) atoms. The maximum Gasteiger partial charge on any atom is 0.330 e. The van der Waals surface area contributed by atoms with Crippen LogP contribution in [0.2, 0.25) is 10.0 Å². The standard InChI is InChI=1S/C89H99Cl2N9O33/c1-4-34(2)9-7-5-6-8-10-61(109)95-69-75(114)72(111)59(32-102)130-88(69)133-79-56-26-41-27-57(79)127-53-18-14-39(24-48(53)91)78(132-87-68(93-35(3)104)74(113)71(110)58(31-101)129-87)70-85(122)99-67(86(123)124)46-29-43(106)30-55(128-89-77(116)76(115)73(112)60(33-103)131-89)62(46)45-23-38(13-15-50(45)107)64(82(119)100-70)97-84(121)66(41)98-83(120)65-40-21-42(105)28-44(22-40)125-54-25-37(12-16-51(54)108)63(92)81(118)94-49(80(117)96-65)20-36-11-17-52(126-56)47(90)19-36/h11-19,21-30,34,49,58-60,63-78,87-89,101-103,105-108,110-116H,4-10,20,31-33,92H2,1-3H3,(H,93,104)(H,94,118)(H,95,109)(H,96,117)(H,97,121)(H,98,120)(H,99,122)(H,100,119)(H,123,124)/t34?,49?,58-,59-,60-,63+,64-,65?,66?,67+,68-,69-,70+,71-,72-,73-,74-,75-,76+,77+,78-,87+,88+,89+/m1/s1. The summed E-state index contributed by atoms with van der Waals surface area (Å²) in [4.78, 5) is 138. The largest absolute Gasteiger partial charge is 0.508 e. The van der Waals surface area contributed by atoms with Crippen LogP contribution in [0.3, 0.4) is 0 Å². The molecule has 9 aliphatic rings. The highest BCUT2D eigenvalue weighted by atomic mass is 35.5. The lowest BCUT2D eigenvalue weighted by Gasteiger charge is -2.44. The molecule has 7 aromatic carbocycles. The summed E-state index contributed by atoms with van der Waals surface area (Å²) in [6.45, 7) is 2.03. The van der Waals surface area contributed by atoms with Gasteiger partial charge in [0.15, 0.2) is 35.3 Å².